The van der Waals surface area contributed by atoms with Crippen molar-refractivity contribution in [3.8, 4) is 0 Å². The van der Waals surface area contributed by atoms with E-state index in [1.807, 2.05) is 41.5 Å². The minimum absolute atomic E-state index is 0.0197. The van der Waals surface area contributed by atoms with Gasteiger partial charge in [0, 0.05) is 18.8 Å². The quantitative estimate of drug-likeness (QED) is 0.703. The first-order chi connectivity index (χ1) is 13.4. The summed E-state index contributed by atoms with van der Waals surface area (Å²) >= 11 is 1.43. The zero-order chi connectivity index (χ0) is 19.7. The monoisotopic (exact) mass is 412 g/mol. The number of anilines is 1. The summed E-state index contributed by atoms with van der Waals surface area (Å²) in [5.74, 6) is 0.0197. The first kappa shape index (κ1) is 18.7. The molecular formula is C21H20N2O3S2. The third kappa shape index (κ3) is 3.81. The first-order valence-corrected chi connectivity index (χ1v) is 11.3. The molecule has 1 aliphatic heterocycles. The molecule has 0 saturated carbocycles. The predicted molar refractivity (Wildman–Crippen MR) is 111 cm³/mol. The minimum Gasteiger partial charge on any atom is -0.333 e. The highest BCUT2D eigenvalue weighted by atomic mass is 32.2. The lowest BCUT2D eigenvalue weighted by Crippen LogP contribution is -2.35. The third-order valence-electron chi connectivity index (χ3n) is 4.82. The molecular weight excluding hydrogens is 392 g/mol. The van der Waals surface area contributed by atoms with Gasteiger partial charge in [0.1, 0.15) is 0 Å². The summed E-state index contributed by atoms with van der Waals surface area (Å²) in [4.78, 5) is 15.4. The molecule has 4 rings (SSSR count). The Balaban J connectivity index is 1.55. The summed E-state index contributed by atoms with van der Waals surface area (Å²) in [5.41, 5.74) is 3.63. The number of rotatable bonds is 4. The summed E-state index contributed by atoms with van der Waals surface area (Å²) < 4.78 is 27.9. The number of fused-ring (bicyclic) bond motifs is 1. The lowest BCUT2D eigenvalue weighted by molar-refractivity contribution is 0.0739. The predicted octanol–water partition coefficient (Wildman–Crippen LogP) is 4.06. The second kappa shape index (κ2) is 7.41. The van der Waals surface area contributed by atoms with Crippen molar-refractivity contribution >= 4 is 33.0 Å². The maximum absolute atomic E-state index is 12.6. The van der Waals surface area contributed by atoms with Crippen molar-refractivity contribution in [1.82, 2.24) is 4.90 Å². The second-order valence-corrected chi connectivity index (χ2v) is 9.49. The molecule has 3 aromatic rings. The number of thiophene rings is 1. The van der Waals surface area contributed by atoms with Gasteiger partial charge in [-0.2, -0.15) is 0 Å². The molecule has 1 amide bonds. The molecule has 2 heterocycles. The van der Waals surface area contributed by atoms with Gasteiger partial charge in [-0.05, 0) is 60.2 Å². The molecule has 1 N–H and O–H groups in total. The van der Waals surface area contributed by atoms with E-state index < -0.39 is 10.0 Å². The number of benzene rings is 2. The van der Waals surface area contributed by atoms with Crippen LogP contribution in [0.2, 0.25) is 0 Å². The fourth-order valence-electron chi connectivity index (χ4n) is 3.28. The molecule has 1 aromatic heterocycles. The average molecular weight is 413 g/mol. The van der Waals surface area contributed by atoms with Gasteiger partial charge in [-0.15, -0.1) is 11.3 Å². The van der Waals surface area contributed by atoms with Crippen LogP contribution in [0.15, 0.2) is 64.9 Å². The van der Waals surface area contributed by atoms with Crippen LogP contribution in [-0.2, 0) is 23.0 Å². The van der Waals surface area contributed by atoms with E-state index in [-0.39, 0.29) is 10.8 Å². The summed E-state index contributed by atoms with van der Waals surface area (Å²) in [6.07, 6.45) is 0.761. The van der Waals surface area contributed by atoms with Crippen LogP contribution < -0.4 is 4.72 Å². The van der Waals surface area contributed by atoms with Gasteiger partial charge in [-0.25, -0.2) is 8.42 Å². The number of amides is 1. The van der Waals surface area contributed by atoms with E-state index >= 15 is 0 Å². The van der Waals surface area contributed by atoms with E-state index in [0.717, 1.165) is 28.0 Å². The smallest absolute Gasteiger partial charge is 0.264 e. The van der Waals surface area contributed by atoms with Gasteiger partial charge in [0.2, 0.25) is 0 Å². The van der Waals surface area contributed by atoms with Gasteiger partial charge in [-0.1, -0.05) is 29.8 Å². The largest absolute Gasteiger partial charge is 0.333 e. The Kier molecular flexibility index (Phi) is 4.95. The molecule has 5 nitrogen and oxygen atoms in total. The highest BCUT2D eigenvalue weighted by Gasteiger charge is 2.23. The van der Waals surface area contributed by atoms with Crippen LogP contribution in [0.4, 0.5) is 5.69 Å². The van der Waals surface area contributed by atoms with Gasteiger partial charge in [0.15, 0.2) is 0 Å². The standard InChI is InChI=1S/C21H20N2O3S2/c1-15-4-8-19(9-5-15)28(25,26)22-18-7-6-16-10-11-23(14-17(16)13-18)21(24)20-3-2-12-27-20/h2-9,12-13,22H,10-11,14H2,1H3. The number of aryl methyl sites for hydroxylation is 1. The summed E-state index contributed by atoms with van der Waals surface area (Å²) in [5, 5.41) is 1.89. The van der Waals surface area contributed by atoms with Gasteiger partial charge >= 0.3 is 0 Å². The molecule has 0 aliphatic carbocycles. The average Bonchev–Trinajstić information content (AvgIpc) is 3.21. The molecule has 0 fully saturated rings. The van der Waals surface area contributed by atoms with Crippen molar-refractivity contribution in [2.24, 2.45) is 0 Å². The fourth-order valence-corrected chi connectivity index (χ4v) is 5.02. The maximum Gasteiger partial charge on any atom is 0.264 e. The Bertz CT molecular complexity index is 1110. The van der Waals surface area contributed by atoms with Gasteiger partial charge in [0.05, 0.1) is 9.77 Å². The second-order valence-electron chi connectivity index (χ2n) is 6.86. The topological polar surface area (TPSA) is 66.5 Å². The van der Waals surface area contributed by atoms with E-state index in [4.69, 9.17) is 0 Å². The van der Waals surface area contributed by atoms with E-state index in [9.17, 15) is 13.2 Å². The molecule has 2 aromatic carbocycles. The number of hydrogen-bond acceptors (Lipinski definition) is 4. The van der Waals surface area contributed by atoms with Crippen LogP contribution in [0.3, 0.4) is 0 Å². The lowest BCUT2D eigenvalue weighted by Gasteiger charge is -2.29. The van der Waals surface area contributed by atoms with Crippen LogP contribution in [0.25, 0.3) is 0 Å². The molecule has 144 valence electrons. The van der Waals surface area contributed by atoms with Gasteiger partial charge < -0.3 is 4.90 Å². The lowest BCUT2D eigenvalue weighted by atomic mass is 9.99. The Labute approximate surface area is 168 Å². The third-order valence-corrected chi connectivity index (χ3v) is 7.08. The molecule has 0 spiro atoms. The molecule has 0 bridgehead atoms. The normalized spacial score (nSPS) is 13.8. The van der Waals surface area contributed by atoms with Crippen molar-refractivity contribution in [3.63, 3.8) is 0 Å². The Morgan fingerprint density at radius 3 is 2.57 bits per heavy atom. The van der Waals surface area contributed by atoms with Crippen molar-refractivity contribution in [1.29, 1.82) is 0 Å². The summed E-state index contributed by atoms with van der Waals surface area (Å²) in [6, 6.07) is 16.0. The Morgan fingerprint density at radius 2 is 1.86 bits per heavy atom. The highest BCUT2D eigenvalue weighted by molar-refractivity contribution is 7.92. The van der Waals surface area contributed by atoms with E-state index in [1.54, 1.807) is 30.3 Å². The highest BCUT2D eigenvalue weighted by Crippen LogP contribution is 2.26. The van der Waals surface area contributed by atoms with Crippen molar-refractivity contribution < 1.29 is 13.2 Å². The number of carbonyl (C=O) groups excluding carboxylic acids is 1. The van der Waals surface area contributed by atoms with Gasteiger partial charge in [-0.3, -0.25) is 9.52 Å². The minimum atomic E-state index is -3.65. The molecule has 0 saturated heterocycles. The SMILES string of the molecule is Cc1ccc(S(=O)(=O)Nc2ccc3c(c2)CN(C(=O)c2cccs2)CC3)cc1. The Morgan fingerprint density at radius 1 is 1.07 bits per heavy atom. The van der Waals surface area contributed by atoms with Crippen LogP contribution in [-0.4, -0.2) is 25.8 Å². The first-order valence-electron chi connectivity index (χ1n) is 8.96. The van der Waals surface area contributed by atoms with E-state index in [0.29, 0.717) is 18.8 Å². The number of hydrogen-bond donors (Lipinski definition) is 1. The van der Waals surface area contributed by atoms with Crippen LogP contribution in [0.5, 0.6) is 0 Å². The zero-order valence-corrected chi connectivity index (χ0v) is 17.0. The number of sulfonamides is 1. The number of carbonyl (C=O) groups is 1. The van der Waals surface area contributed by atoms with Crippen molar-refractivity contribution in [2.75, 3.05) is 11.3 Å². The number of nitrogens with one attached hydrogen (secondary N) is 1. The Hall–Kier alpha value is -2.64. The summed E-state index contributed by atoms with van der Waals surface area (Å²) in [7, 11) is -3.65. The van der Waals surface area contributed by atoms with Crippen molar-refractivity contribution in [2.45, 2.75) is 24.8 Å². The molecule has 0 atom stereocenters. The molecule has 7 heteroatoms. The van der Waals surface area contributed by atoms with Crippen LogP contribution >= 0.6 is 11.3 Å². The maximum atomic E-state index is 12.6. The molecule has 28 heavy (non-hydrogen) atoms. The number of nitrogens with zero attached hydrogens (tertiary/aromatic N) is 1. The van der Waals surface area contributed by atoms with Gasteiger partial charge in [0.25, 0.3) is 15.9 Å². The van der Waals surface area contributed by atoms with Crippen LogP contribution in [0.1, 0.15) is 26.4 Å². The fraction of sp³-hybridized carbons (Fsp3) is 0.190. The molecule has 0 radical (unpaired) electrons. The summed E-state index contributed by atoms with van der Waals surface area (Å²) in [6.45, 7) is 3.06. The van der Waals surface area contributed by atoms with E-state index in [2.05, 4.69) is 4.72 Å². The van der Waals surface area contributed by atoms with E-state index in [1.165, 1.54) is 11.3 Å². The molecule has 0 unspecified atom stereocenters. The van der Waals surface area contributed by atoms with Crippen molar-refractivity contribution in [3.05, 3.63) is 81.5 Å². The zero-order valence-electron chi connectivity index (χ0n) is 15.4. The molecule has 1 aliphatic rings. The van der Waals surface area contributed by atoms with Crippen LogP contribution in [0, 0.1) is 6.92 Å².